The molecule has 0 aromatic heterocycles. The molecule has 1 unspecified atom stereocenters. The molecule has 6 heteroatoms. The molecule has 0 aromatic carbocycles. The maximum atomic E-state index is 12.1. The van der Waals surface area contributed by atoms with Gasteiger partial charge in [-0.05, 0) is 19.8 Å². The minimum Gasteiger partial charge on any atom is -0.481 e. The summed E-state index contributed by atoms with van der Waals surface area (Å²) in [5, 5.41) is 12.1. The summed E-state index contributed by atoms with van der Waals surface area (Å²) in [6.07, 6.45) is 0.996. The van der Waals surface area contributed by atoms with Gasteiger partial charge in [-0.3, -0.25) is 4.79 Å². The van der Waals surface area contributed by atoms with Gasteiger partial charge in [0, 0.05) is 13.1 Å². The van der Waals surface area contributed by atoms with Crippen LogP contribution in [0.1, 0.15) is 33.6 Å². The molecule has 1 fully saturated rings. The van der Waals surface area contributed by atoms with E-state index >= 15 is 0 Å². The van der Waals surface area contributed by atoms with E-state index in [1.54, 1.807) is 4.90 Å². The van der Waals surface area contributed by atoms with Gasteiger partial charge in [-0.2, -0.15) is 0 Å². The lowest BCUT2D eigenvalue weighted by Gasteiger charge is -2.35. The molecule has 110 valence electrons. The molecule has 0 saturated carbocycles. The van der Waals surface area contributed by atoms with Gasteiger partial charge in [0.1, 0.15) is 0 Å². The summed E-state index contributed by atoms with van der Waals surface area (Å²) in [4.78, 5) is 25.1. The lowest BCUT2D eigenvalue weighted by Crippen LogP contribution is -2.53. The van der Waals surface area contributed by atoms with Crippen LogP contribution in [-0.2, 0) is 9.53 Å². The topological polar surface area (TPSA) is 78.9 Å². The first-order chi connectivity index (χ1) is 8.96. The fourth-order valence-corrected chi connectivity index (χ4v) is 2.25. The number of hydrogen-bond donors (Lipinski definition) is 2. The number of nitrogens with one attached hydrogen (secondary N) is 1. The zero-order valence-corrected chi connectivity index (χ0v) is 11.9. The van der Waals surface area contributed by atoms with Gasteiger partial charge < -0.3 is 20.1 Å². The molecule has 2 N–H and O–H groups in total. The average molecular weight is 272 g/mol. The number of ether oxygens (including phenoxy) is 1. The number of hydrogen-bond acceptors (Lipinski definition) is 3. The summed E-state index contributed by atoms with van der Waals surface area (Å²) < 4.78 is 5.27. The highest BCUT2D eigenvalue weighted by Crippen LogP contribution is 2.25. The number of urea groups is 1. The van der Waals surface area contributed by atoms with Crippen molar-refractivity contribution in [1.82, 2.24) is 10.2 Å². The predicted molar refractivity (Wildman–Crippen MR) is 71.0 cm³/mol. The van der Waals surface area contributed by atoms with Crippen LogP contribution in [0, 0.1) is 5.41 Å². The summed E-state index contributed by atoms with van der Waals surface area (Å²) in [5.74, 6) is -0.854. The van der Waals surface area contributed by atoms with Crippen LogP contribution in [0.3, 0.4) is 0 Å². The summed E-state index contributed by atoms with van der Waals surface area (Å²) in [6.45, 7) is 7.36. The Morgan fingerprint density at radius 3 is 2.53 bits per heavy atom. The Balaban J connectivity index is 2.59. The number of carbonyl (C=O) groups is 2. The van der Waals surface area contributed by atoms with Gasteiger partial charge in [0.2, 0.25) is 0 Å². The molecule has 6 nitrogen and oxygen atoms in total. The Morgan fingerprint density at radius 1 is 1.42 bits per heavy atom. The van der Waals surface area contributed by atoms with Gasteiger partial charge in [0.25, 0.3) is 0 Å². The highest BCUT2D eigenvalue weighted by molar-refractivity contribution is 5.78. The molecule has 19 heavy (non-hydrogen) atoms. The molecule has 1 rings (SSSR count). The van der Waals surface area contributed by atoms with Gasteiger partial charge in [0.05, 0.1) is 24.7 Å². The fourth-order valence-electron chi connectivity index (χ4n) is 2.25. The Kier molecular flexibility index (Phi) is 5.60. The van der Waals surface area contributed by atoms with Crippen LogP contribution in [0.15, 0.2) is 0 Å². The van der Waals surface area contributed by atoms with E-state index in [9.17, 15) is 14.7 Å². The van der Waals surface area contributed by atoms with Crippen molar-refractivity contribution in [3.8, 4) is 0 Å². The third-order valence-electron chi connectivity index (χ3n) is 4.01. The predicted octanol–water partition coefficient (Wildman–Crippen LogP) is 1.31. The average Bonchev–Trinajstić information content (AvgIpc) is 2.40. The lowest BCUT2D eigenvalue weighted by molar-refractivity contribution is -0.149. The number of carbonyl (C=O) groups excluding carboxylic acids is 1. The first kappa shape index (κ1) is 15.8. The molecule has 1 heterocycles. The Labute approximate surface area is 114 Å². The Hall–Kier alpha value is -1.30. The third kappa shape index (κ3) is 3.59. The summed E-state index contributed by atoms with van der Waals surface area (Å²) >= 11 is 0. The van der Waals surface area contributed by atoms with Crippen LogP contribution >= 0.6 is 0 Å². The molecular weight excluding hydrogens is 248 g/mol. The molecule has 0 bridgehead atoms. The normalized spacial score (nSPS) is 20.2. The number of rotatable bonds is 5. The monoisotopic (exact) mass is 272 g/mol. The van der Waals surface area contributed by atoms with Crippen LogP contribution in [0.2, 0.25) is 0 Å². The molecule has 0 radical (unpaired) electrons. The van der Waals surface area contributed by atoms with Gasteiger partial charge in [0.15, 0.2) is 0 Å². The van der Waals surface area contributed by atoms with Crippen molar-refractivity contribution in [2.24, 2.45) is 5.41 Å². The summed E-state index contributed by atoms with van der Waals surface area (Å²) in [7, 11) is 0. The Morgan fingerprint density at radius 2 is 2.05 bits per heavy atom. The number of carboxylic acid groups (broad SMARTS) is 1. The van der Waals surface area contributed by atoms with E-state index in [1.807, 2.05) is 20.8 Å². The number of morpholine rings is 1. The highest BCUT2D eigenvalue weighted by atomic mass is 16.5. The fraction of sp³-hybridized carbons (Fsp3) is 0.846. The van der Waals surface area contributed by atoms with E-state index in [0.29, 0.717) is 32.6 Å². The molecule has 1 saturated heterocycles. The quantitative estimate of drug-likeness (QED) is 0.791. The van der Waals surface area contributed by atoms with Gasteiger partial charge in [-0.1, -0.05) is 13.8 Å². The second-order valence-electron chi connectivity index (χ2n) is 5.07. The van der Waals surface area contributed by atoms with E-state index in [4.69, 9.17) is 4.74 Å². The molecule has 1 atom stereocenters. The first-order valence-corrected chi connectivity index (χ1v) is 6.82. The van der Waals surface area contributed by atoms with Gasteiger partial charge in [-0.15, -0.1) is 0 Å². The van der Waals surface area contributed by atoms with Crippen molar-refractivity contribution < 1.29 is 19.4 Å². The number of aliphatic carboxylic acids is 1. The van der Waals surface area contributed by atoms with Crippen molar-refractivity contribution in [2.75, 3.05) is 26.3 Å². The zero-order chi connectivity index (χ0) is 14.5. The van der Waals surface area contributed by atoms with Crippen LogP contribution in [0.25, 0.3) is 0 Å². The summed E-state index contributed by atoms with van der Waals surface area (Å²) in [6, 6.07) is -0.181. The highest BCUT2D eigenvalue weighted by Gasteiger charge is 2.36. The maximum absolute atomic E-state index is 12.1. The molecule has 0 aliphatic carbocycles. The number of amides is 2. The second-order valence-corrected chi connectivity index (χ2v) is 5.07. The molecule has 2 amide bonds. The van der Waals surface area contributed by atoms with Crippen molar-refractivity contribution in [1.29, 1.82) is 0 Å². The summed E-state index contributed by atoms with van der Waals surface area (Å²) in [5.41, 5.74) is -0.870. The van der Waals surface area contributed by atoms with Crippen molar-refractivity contribution in [3.05, 3.63) is 0 Å². The zero-order valence-electron chi connectivity index (χ0n) is 11.9. The van der Waals surface area contributed by atoms with Crippen LogP contribution in [0.4, 0.5) is 4.79 Å². The third-order valence-corrected chi connectivity index (χ3v) is 4.01. The minimum atomic E-state index is -0.870. The standard InChI is InChI=1S/C13H24N2O4/c1-4-13(5-2,11(16)17)9-14-12(18)15-6-7-19-8-10(15)3/h10H,4-9H2,1-3H3,(H,14,18)(H,16,17). The Bertz CT molecular complexity index is 329. The van der Waals surface area contributed by atoms with Crippen LogP contribution in [-0.4, -0.2) is 54.4 Å². The number of carboxylic acids is 1. The van der Waals surface area contributed by atoms with Crippen molar-refractivity contribution >= 4 is 12.0 Å². The molecule has 0 spiro atoms. The van der Waals surface area contributed by atoms with Gasteiger partial charge in [-0.25, -0.2) is 4.79 Å². The van der Waals surface area contributed by atoms with E-state index in [1.165, 1.54) is 0 Å². The van der Waals surface area contributed by atoms with Crippen molar-refractivity contribution in [3.63, 3.8) is 0 Å². The minimum absolute atomic E-state index is 0.0243. The van der Waals surface area contributed by atoms with Crippen molar-refractivity contribution in [2.45, 2.75) is 39.7 Å². The SMILES string of the molecule is CCC(CC)(CNC(=O)N1CCOCC1C)C(=O)O. The molecule has 1 aliphatic heterocycles. The van der Waals surface area contributed by atoms with E-state index in [-0.39, 0.29) is 18.6 Å². The maximum Gasteiger partial charge on any atom is 0.317 e. The molecule has 1 aliphatic rings. The van der Waals surface area contributed by atoms with Crippen LogP contribution < -0.4 is 5.32 Å². The van der Waals surface area contributed by atoms with Crippen LogP contribution in [0.5, 0.6) is 0 Å². The van der Waals surface area contributed by atoms with Gasteiger partial charge >= 0.3 is 12.0 Å². The smallest absolute Gasteiger partial charge is 0.317 e. The molecule has 0 aromatic rings. The van der Waals surface area contributed by atoms with E-state index < -0.39 is 11.4 Å². The molecular formula is C13H24N2O4. The second kappa shape index (κ2) is 6.75. The first-order valence-electron chi connectivity index (χ1n) is 6.82. The number of nitrogens with zero attached hydrogens (tertiary/aromatic N) is 1. The largest absolute Gasteiger partial charge is 0.481 e. The lowest BCUT2D eigenvalue weighted by atomic mass is 9.82. The van der Waals surface area contributed by atoms with E-state index in [0.717, 1.165) is 0 Å². The van der Waals surface area contributed by atoms with E-state index in [2.05, 4.69) is 5.32 Å².